The van der Waals surface area contributed by atoms with E-state index >= 15 is 0 Å². The minimum Gasteiger partial charge on any atom is -0.354 e. The van der Waals surface area contributed by atoms with Gasteiger partial charge in [-0.1, -0.05) is 18.2 Å². The lowest BCUT2D eigenvalue weighted by atomic mass is 9.98. The first-order valence-corrected chi connectivity index (χ1v) is 11.8. The zero-order valence-corrected chi connectivity index (χ0v) is 19.9. The van der Waals surface area contributed by atoms with Crippen molar-refractivity contribution in [3.05, 3.63) is 102 Å². The van der Waals surface area contributed by atoms with E-state index in [0.717, 1.165) is 16.7 Å². The van der Waals surface area contributed by atoms with E-state index < -0.39 is 0 Å². The summed E-state index contributed by atoms with van der Waals surface area (Å²) < 4.78 is 0. The molecule has 3 heterocycles. The maximum absolute atomic E-state index is 13.9. The molecule has 174 valence electrons. The average molecular weight is 472 g/mol. The fraction of sp³-hybridized carbons (Fsp3) is 0.100. The SMILES string of the molecule is Cc1ccc2c(=O)c3c4[nH]c5cc(C)ccc5c(=O)c4c4[nH]c5cc(C)ccc5c(=O)c4c3[nH]c2c1. The van der Waals surface area contributed by atoms with Gasteiger partial charge in [0.05, 0.1) is 49.3 Å². The van der Waals surface area contributed by atoms with Crippen LogP contribution in [0.25, 0.3) is 65.4 Å². The minimum atomic E-state index is -0.225. The van der Waals surface area contributed by atoms with Crippen LogP contribution in [0.15, 0.2) is 69.0 Å². The Labute approximate surface area is 203 Å². The van der Waals surface area contributed by atoms with Crippen molar-refractivity contribution in [3.8, 4) is 0 Å². The normalized spacial score (nSPS) is 12.1. The van der Waals surface area contributed by atoms with Crippen molar-refractivity contribution in [1.82, 2.24) is 15.0 Å². The molecule has 0 aliphatic heterocycles. The summed E-state index contributed by atoms with van der Waals surface area (Å²) in [5, 5.41) is 2.45. The summed E-state index contributed by atoms with van der Waals surface area (Å²) in [5.41, 5.74) is 5.52. The van der Waals surface area contributed by atoms with Crippen LogP contribution < -0.4 is 16.3 Å². The van der Waals surface area contributed by atoms with Crippen LogP contribution in [0.4, 0.5) is 0 Å². The van der Waals surface area contributed by atoms with Crippen molar-refractivity contribution >= 4 is 65.4 Å². The van der Waals surface area contributed by atoms with Crippen molar-refractivity contribution in [2.24, 2.45) is 0 Å². The first-order chi connectivity index (χ1) is 17.3. The second-order valence-corrected chi connectivity index (χ2v) is 9.76. The van der Waals surface area contributed by atoms with Gasteiger partial charge in [-0.2, -0.15) is 0 Å². The molecule has 6 heteroatoms. The summed E-state index contributed by atoms with van der Waals surface area (Å²) in [5.74, 6) is 0. The highest BCUT2D eigenvalue weighted by Gasteiger charge is 2.21. The van der Waals surface area contributed by atoms with Gasteiger partial charge in [0.1, 0.15) is 0 Å². The maximum Gasteiger partial charge on any atom is 0.199 e. The summed E-state index contributed by atoms with van der Waals surface area (Å²) in [6.45, 7) is 5.86. The van der Waals surface area contributed by atoms with Crippen molar-refractivity contribution in [2.75, 3.05) is 0 Å². The average Bonchev–Trinajstić information content (AvgIpc) is 2.83. The minimum absolute atomic E-state index is 0.225. The van der Waals surface area contributed by atoms with Gasteiger partial charge in [0, 0.05) is 16.2 Å². The molecule has 0 bridgehead atoms. The molecule has 0 saturated heterocycles. The molecule has 0 aliphatic carbocycles. The molecule has 0 saturated carbocycles. The summed E-state index contributed by atoms with van der Waals surface area (Å²) >= 11 is 0. The van der Waals surface area contributed by atoms with Crippen molar-refractivity contribution in [3.63, 3.8) is 0 Å². The molecular formula is C30H21N3O3. The number of benzene rings is 4. The lowest BCUT2D eigenvalue weighted by Gasteiger charge is -2.13. The van der Waals surface area contributed by atoms with Gasteiger partial charge in [-0.15, -0.1) is 0 Å². The van der Waals surface area contributed by atoms with E-state index in [1.54, 1.807) is 18.2 Å². The van der Waals surface area contributed by atoms with Crippen LogP contribution >= 0.6 is 0 Å². The number of hydrogen-bond acceptors (Lipinski definition) is 3. The molecule has 0 radical (unpaired) electrons. The monoisotopic (exact) mass is 471 g/mol. The number of rotatable bonds is 0. The summed E-state index contributed by atoms with van der Waals surface area (Å²) in [7, 11) is 0. The van der Waals surface area contributed by atoms with E-state index in [9.17, 15) is 14.4 Å². The van der Waals surface area contributed by atoms with Crippen LogP contribution in [0.1, 0.15) is 16.7 Å². The Bertz CT molecular complexity index is 2010. The van der Waals surface area contributed by atoms with Gasteiger partial charge in [-0.3, -0.25) is 14.4 Å². The van der Waals surface area contributed by atoms with Crippen LogP contribution in [0.2, 0.25) is 0 Å². The van der Waals surface area contributed by atoms with Crippen LogP contribution in [0.3, 0.4) is 0 Å². The smallest absolute Gasteiger partial charge is 0.199 e. The molecule has 3 aromatic heterocycles. The summed E-state index contributed by atoms with van der Waals surface area (Å²) in [6.07, 6.45) is 0. The second kappa shape index (κ2) is 6.92. The Morgan fingerprint density at radius 1 is 0.444 bits per heavy atom. The van der Waals surface area contributed by atoms with Gasteiger partial charge < -0.3 is 15.0 Å². The number of H-pyrrole nitrogens is 3. The molecule has 0 atom stereocenters. The number of aryl methyl sites for hydroxylation is 3. The molecule has 6 nitrogen and oxygen atoms in total. The van der Waals surface area contributed by atoms with Gasteiger partial charge in [-0.05, 0) is 73.9 Å². The van der Waals surface area contributed by atoms with Crippen LogP contribution in [-0.2, 0) is 0 Å². The van der Waals surface area contributed by atoms with E-state index in [4.69, 9.17) is 0 Å². The lowest BCUT2D eigenvalue weighted by Crippen LogP contribution is -2.15. The van der Waals surface area contributed by atoms with Crippen molar-refractivity contribution < 1.29 is 0 Å². The maximum atomic E-state index is 13.9. The molecule has 0 fully saturated rings. The molecular weight excluding hydrogens is 450 g/mol. The first-order valence-electron chi connectivity index (χ1n) is 11.8. The van der Waals surface area contributed by atoms with Gasteiger partial charge in [0.15, 0.2) is 16.3 Å². The highest BCUT2D eigenvalue weighted by atomic mass is 16.1. The van der Waals surface area contributed by atoms with Crippen LogP contribution in [0, 0.1) is 20.8 Å². The van der Waals surface area contributed by atoms with Gasteiger partial charge in [0.25, 0.3) is 0 Å². The standard InChI is InChI=1S/C30H21N3O3/c1-13-4-7-16-19(10-13)31-25-22(28(16)34)26-24(30(36)18-9-6-15(3)12-21(18)32-26)27-23(25)29(35)17-8-5-14(2)11-20(17)33-27/h4-12H,1-3H3,(H,31,34)(H,32,36)(H,33,35). The van der Waals surface area contributed by atoms with Crippen LogP contribution in [-0.4, -0.2) is 15.0 Å². The fourth-order valence-corrected chi connectivity index (χ4v) is 5.49. The van der Waals surface area contributed by atoms with Crippen LogP contribution in [0.5, 0.6) is 0 Å². The lowest BCUT2D eigenvalue weighted by molar-refractivity contribution is 1.40. The largest absolute Gasteiger partial charge is 0.354 e. The number of nitrogens with one attached hydrogen (secondary N) is 3. The molecule has 4 aromatic carbocycles. The molecule has 3 N–H and O–H groups in total. The number of hydrogen-bond donors (Lipinski definition) is 3. The number of aromatic nitrogens is 3. The Balaban J connectivity index is 1.91. The molecule has 0 amide bonds. The number of fused-ring (bicyclic) bond motifs is 9. The van der Waals surface area contributed by atoms with E-state index in [-0.39, 0.29) is 16.3 Å². The quantitative estimate of drug-likeness (QED) is 0.198. The summed E-state index contributed by atoms with van der Waals surface area (Å²) in [4.78, 5) is 51.9. The highest BCUT2D eigenvalue weighted by Crippen LogP contribution is 2.31. The van der Waals surface area contributed by atoms with Gasteiger partial charge in [0.2, 0.25) is 0 Å². The molecule has 0 unspecified atom stereocenters. The van der Waals surface area contributed by atoms with E-state index in [1.165, 1.54) is 0 Å². The third-order valence-electron chi connectivity index (χ3n) is 7.22. The number of pyridine rings is 3. The van der Waals surface area contributed by atoms with Crippen molar-refractivity contribution in [1.29, 1.82) is 0 Å². The molecule has 7 rings (SSSR count). The third kappa shape index (κ3) is 2.64. The zero-order chi connectivity index (χ0) is 24.9. The second-order valence-electron chi connectivity index (χ2n) is 9.76. The Morgan fingerprint density at radius 3 is 1.00 bits per heavy atom. The molecule has 36 heavy (non-hydrogen) atoms. The Morgan fingerprint density at radius 2 is 0.722 bits per heavy atom. The zero-order valence-electron chi connectivity index (χ0n) is 19.9. The highest BCUT2D eigenvalue weighted by molar-refractivity contribution is 6.25. The van der Waals surface area contributed by atoms with Gasteiger partial charge >= 0.3 is 0 Å². The van der Waals surface area contributed by atoms with Gasteiger partial charge in [-0.25, -0.2) is 0 Å². The van der Waals surface area contributed by atoms with E-state index in [1.807, 2.05) is 57.2 Å². The predicted octanol–water partition coefficient (Wildman–Crippen LogP) is 5.60. The first kappa shape index (κ1) is 20.6. The molecule has 0 spiro atoms. The number of aromatic amines is 3. The van der Waals surface area contributed by atoms with Crippen molar-refractivity contribution in [2.45, 2.75) is 20.8 Å². The molecule has 7 aromatic rings. The topological polar surface area (TPSA) is 98.6 Å². The van der Waals surface area contributed by atoms with E-state index in [0.29, 0.717) is 65.4 Å². The summed E-state index contributed by atoms with van der Waals surface area (Å²) in [6, 6.07) is 16.7. The predicted molar refractivity (Wildman–Crippen MR) is 148 cm³/mol. The van der Waals surface area contributed by atoms with E-state index in [2.05, 4.69) is 15.0 Å². The third-order valence-corrected chi connectivity index (χ3v) is 7.22. The Hall–Kier alpha value is -4.71. The Kier molecular flexibility index (Phi) is 3.97. The fourth-order valence-electron chi connectivity index (χ4n) is 5.49. The molecule has 0 aliphatic rings.